The zero-order valence-corrected chi connectivity index (χ0v) is 9.39. The Balaban J connectivity index is 1.85. The maximum absolute atomic E-state index is 3.83. The second-order valence-corrected chi connectivity index (χ2v) is 6.06. The lowest BCUT2D eigenvalue weighted by Crippen LogP contribution is -2.50. The van der Waals surface area contributed by atoms with Crippen molar-refractivity contribution in [1.29, 1.82) is 0 Å². The van der Waals surface area contributed by atoms with E-state index in [-0.39, 0.29) is 0 Å². The molecule has 1 heteroatoms. The summed E-state index contributed by atoms with van der Waals surface area (Å²) in [5, 5.41) is 3.83. The highest BCUT2D eigenvalue weighted by molar-refractivity contribution is 5.02. The molecule has 0 heterocycles. The van der Waals surface area contributed by atoms with Crippen molar-refractivity contribution in [3.63, 3.8) is 0 Å². The van der Waals surface area contributed by atoms with Gasteiger partial charge >= 0.3 is 0 Å². The molecule has 4 rings (SSSR count). The summed E-state index contributed by atoms with van der Waals surface area (Å²) in [6.07, 6.45) is 10.6. The van der Waals surface area contributed by atoms with Gasteiger partial charge in [0, 0.05) is 5.54 Å². The van der Waals surface area contributed by atoms with E-state index in [0.29, 0.717) is 5.54 Å². The van der Waals surface area contributed by atoms with Gasteiger partial charge in [0.1, 0.15) is 0 Å². The van der Waals surface area contributed by atoms with Crippen molar-refractivity contribution in [2.45, 2.75) is 57.4 Å². The fraction of sp³-hybridized carbons (Fsp3) is 1.00. The molecule has 4 aliphatic carbocycles. The van der Waals surface area contributed by atoms with Crippen molar-refractivity contribution in [2.24, 2.45) is 17.8 Å². The van der Waals surface area contributed by atoms with Gasteiger partial charge in [0.15, 0.2) is 0 Å². The van der Waals surface area contributed by atoms with Crippen LogP contribution in [-0.4, -0.2) is 12.1 Å². The summed E-state index contributed by atoms with van der Waals surface area (Å²) < 4.78 is 0. The first-order chi connectivity index (χ1) is 6.80. The molecule has 2 unspecified atom stereocenters. The van der Waals surface area contributed by atoms with E-state index >= 15 is 0 Å². The van der Waals surface area contributed by atoms with Crippen LogP contribution in [0.4, 0.5) is 0 Å². The molecule has 4 fully saturated rings. The van der Waals surface area contributed by atoms with Crippen LogP contribution in [0.2, 0.25) is 0 Å². The molecule has 1 N–H and O–H groups in total. The molecule has 4 aliphatic rings. The van der Waals surface area contributed by atoms with Gasteiger partial charge in [-0.2, -0.15) is 0 Å². The third-order valence-corrected chi connectivity index (χ3v) is 4.94. The Labute approximate surface area is 87.7 Å². The Kier molecular flexibility index (Phi) is 2.12. The second kappa shape index (κ2) is 3.23. The zero-order valence-electron chi connectivity index (χ0n) is 9.39. The van der Waals surface area contributed by atoms with E-state index in [0.717, 1.165) is 17.8 Å². The Morgan fingerprint density at radius 3 is 2.36 bits per heavy atom. The third kappa shape index (κ3) is 1.41. The standard InChI is InChI=1S/C13H23N/c1-2-14-13-4-3-10-5-11(8-13)7-12(6-10)9-13/h10-12,14H,2-9H2,1H3. The maximum atomic E-state index is 3.83. The van der Waals surface area contributed by atoms with Crippen molar-refractivity contribution in [3.05, 3.63) is 0 Å². The molecule has 4 bridgehead atoms. The van der Waals surface area contributed by atoms with Gasteiger partial charge in [-0.05, 0) is 69.2 Å². The normalized spacial score (nSPS) is 50.8. The molecule has 1 nitrogen and oxygen atoms in total. The Morgan fingerprint density at radius 2 is 1.71 bits per heavy atom. The Morgan fingerprint density at radius 1 is 1.07 bits per heavy atom. The highest BCUT2D eigenvalue weighted by atomic mass is 15.0. The van der Waals surface area contributed by atoms with Crippen LogP contribution in [0.5, 0.6) is 0 Å². The van der Waals surface area contributed by atoms with Crippen LogP contribution >= 0.6 is 0 Å². The summed E-state index contributed by atoms with van der Waals surface area (Å²) in [5.74, 6) is 3.25. The number of hydrogen-bond acceptors (Lipinski definition) is 1. The van der Waals surface area contributed by atoms with E-state index in [4.69, 9.17) is 0 Å². The van der Waals surface area contributed by atoms with Crippen LogP contribution < -0.4 is 5.32 Å². The van der Waals surface area contributed by atoms with Crippen molar-refractivity contribution >= 4 is 0 Å². The SMILES string of the molecule is CCNC12CCC3CC(CC(C3)C1)C2. The molecule has 4 saturated carbocycles. The molecular weight excluding hydrogens is 170 g/mol. The average Bonchev–Trinajstić information content (AvgIpc) is 2.31. The molecule has 0 aromatic heterocycles. The monoisotopic (exact) mass is 193 g/mol. The Hall–Kier alpha value is -0.0400. The summed E-state index contributed by atoms with van der Waals surface area (Å²) in [7, 11) is 0. The minimum atomic E-state index is 0.577. The Bertz CT molecular complexity index is 209. The minimum absolute atomic E-state index is 0.577. The lowest BCUT2D eigenvalue weighted by Gasteiger charge is -2.45. The molecule has 0 amide bonds. The first kappa shape index (κ1) is 9.21. The predicted octanol–water partition coefficient (Wildman–Crippen LogP) is 2.95. The molecule has 0 saturated heterocycles. The topological polar surface area (TPSA) is 12.0 Å². The van der Waals surface area contributed by atoms with Crippen LogP contribution in [0.1, 0.15) is 51.9 Å². The van der Waals surface area contributed by atoms with Gasteiger partial charge in [0.2, 0.25) is 0 Å². The molecule has 0 aromatic rings. The van der Waals surface area contributed by atoms with Crippen molar-refractivity contribution in [2.75, 3.05) is 6.54 Å². The van der Waals surface area contributed by atoms with Gasteiger partial charge in [-0.3, -0.25) is 0 Å². The van der Waals surface area contributed by atoms with Crippen molar-refractivity contribution < 1.29 is 0 Å². The van der Waals surface area contributed by atoms with E-state index in [1.807, 2.05) is 0 Å². The van der Waals surface area contributed by atoms with Crippen molar-refractivity contribution in [3.8, 4) is 0 Å². The molecular formula is C13H23N. The predicted molar refractivity (Wildman–Crippen MR) is 59.2 cm³/mol. The average molecular weight is 193 g/mol. The van der Waals surface area contributed by atoms with E-state index in [2.05, 4.69) is 12.2 Å². The molecule has 0 aromatic carbocycles. The van der Waals surface area contributed by atoms with Crippen molar-refractivity contribution in [1.82, 2.24) is 5.32 Å². The fourth-order valence-electron chi connectivity index (χ4n) is 4.75. The van der Waals surface area contributed by atoms with Gasteiger partial charge < -0.3 is 5.32 Å². The summed E-state index contributed by atoms with van der Waals surface area (Å²) in [4.78, 5) is 0. The number of nitrogens with one attached hydrogen (secondary N) is 1. The van der Waals surface area contributed by atoms with E-state index in [1.165, 1.54) is 32.2 Å². The van der Waals surface area contributed by atoms with E-state index < -0.39 is 0 Å². The first-order valence-corrected chi connectivity index (χ1v) is 6.55. The zero-order chi connectivity index (χ0) is 9.60. The summed E-state index contributed by atoms with van der Waals surface area (Å²) in [6, 6.07) is 0. The van der Waals surface area contributed by atoms with Gasteiger partial charge in [0.05, 0.1) is 0 Å². The van der Waals surface area contributed by atoms with Crippen LogP contribution in [0.25, 0.3) is 0 Å². The molecule has 80 valence electrons. The molecule has 0 spiro atoms. The van der Waals surface area contributed by atoms with Crippen LogP contribution in [-0.2, 0) is 0 Å². The number of fused-ring (bicyclic) bond motifs is 1. The van der Waals surface area contributed by atoms with Gasteiger partial charge in [-0.15, -0.1) is 0 Å². The summed E-state index contributed by atoms with van der Waals surface area (Å²) in [6.45, 7) is 3.44. The second-order valence-electron chi connectivity index (χ2n) is 6.06. The summed E-state index contributed by atoms with van der Waals surface area (Å²) in [5.41, 5.74) is 0.577. The van der Waals surface area contributed by atoms with Gasteiger partial charge in [-0.25, -0.2) is 0 Å². The number of hydrogen-bond donors (Lipinski definition) is 1. The number of rotatable bonds is 2. The minimum Gasteiger partial charge on any atom is -0.311 e. The van der Waals surface area contributed by atoms with E-state index in [9.17, 15) is 0 Å². The molecule has 14 heavy (non-hydrogen) atoms. The highest BCUT2D eigenvalue weighted by Crippen LogP contribution is 2.52. The highest BCUT2D eigenvalue weighted by Gasteiger charge is 2.46. The van der Waals surface area contributed by atoms with E-state index in [1.54, 1.807) is 19.3 Å². The van der Waals surface area contributed by atoms with Crippen LogP contribution in [0, 0.1) is 17.8 Å². The first-order valence-electron chi connectivity index (χ1n) is 6.55. The summed E-state index contributed by atoms with van der Waals surface area (Å²) >= 11 is 0. The maximum Gasteiger partial charge on any atom is 0.0186 e. The smallest absolute Gasteiger partial charge is 0.0186 e. The fourth-order valence-corrected chi connectivity index (χ4v) is 4.75. The van der Waals surface area contributed by atoms with Crippen LogP contribution in [0.3, 0.4) is 0 Å². The molecule has 2 atom stereocenters. The quantitative estimate of drug-likeness (QED) is 0.711. The lowest BCUT2D eigenvalue weighted by molar-refractivity contribution is 0.0964. The lowest BCUT2D eigenvalue weighted by atomic mass is 9.65. The van der Waals surface area contributed by atoms with Crippen LogP contribution in [0.15, 0.2) is 0 Å². The molecule has 0 aliphatic heterocycles. The molecule has 0 radical (unpaired) electrons. The van der Waals surface area contributed by atoms with Gasteiger partial charge in [-0.1, -0.05) is 6.92 Å². The van der Waals surface area contributed by atoms with Gasteiger partial charge in [0.25, 0.3) is 0 Å². The third-order valence-electron chi connectivity index (χ3n) is 4.94. The largest absolute Gasteiger partial charge is 0.311 e.